The molecule has 1 aliphatic rings. The highest BCUT2D eigenvalue weighted by Crippen LogP contribution is 2.29. The van der Waals surface area contributed by atoms with Gasteiger partial charge < -0.3 is 10.3 Å². The Morgan fingerprint density at radius 1 is 1.60 bits per heavy atom. The van der Waals surface area contributed by atoms with Crippen LogP contribution in [0, 0.1) is 15.9 Å². The normalized spacial score (nSPS) is 18.1. The molecule has 20 heavy (non-hydrogen) atoms. The summed E-state index contributed by atoms with van der Waals surface area (Å²) >= 11 is 0. The van der Waals surface area contributed by atoms with Gasteiger partial charge in [0.25, 0.3) is 11.6 Å². The van der Waals surface area contributed by atoms with Gasteiger partial charge in [0, 0.05) is 12.6 Å². The maximum absolute atomic E-state index is 13.5. The average molecular weight is 282 g/mol. The molecule has 0 bridgehead atoms. The summed E-state index contributed by atoms with van der Waals surface area (Å²) in [4.78, 5) is 24.2. The Hall–Kier alpha value is -2.22. The molecule has 8 heteroatoms. The number of nitrogens with zero attached hydrogens (tertiary/aromatic N) is 2. The van der Waals surface area contributed by atoms with Gasteiger partial charge >= 0.3 is 0 Å². The van der Waals surface area contributed by atoms with Gasteiger partial charge in [0.2, 0.25) is 0 Å². The van der Waals surface area contributed by atoms with Gasteiger partial charge in [-0.05, 0) is 25.8 Å². The first-order chi connectivity index (χ1) is 9.45. The number of benzene rings is 1. The minimum atomic E-state index is -0.870. The van der Waals surface area contributed by atoms with Crippen LogP contribution in [0.4, 0.5) is 15.8 Å². The molecule has 2 rings (SSSR count). The first-order valence-electron chi connectivity index (χ1n) is 6.21. The van der Waals surface area contributed by atoms with Crippen LogP contribution in [0.5, 0.6) is 0 Å². The van der Waals surface area contributed by atoms with Crippen LogP contribution in [0.15, 0.2) is 12.1 Å². The minimum absolute atomic E-state index is 0.0152. The summed E-state index contributed by atoms with van der Waals surface area (Å²) in [6.45, 7) is 2.42. The number of amides is 1. The molecular formula is C12H15FN4O3. The van der Waals surface area contributed by atoms with Crippen molar-refractivity contribution in [1.29, 1.82) is 0 Å². The van der Waals surface area contributed by atoms with Crippen molar-refractivity contribution in [2.24, 2.45) is 5.84 Å². The van der Waals surface area contributed by atoms with Crippen molar-refractivity contribution in [3.05, 3.63) is 33.6 Å². The van der Waals surface area contributed by atoms with Gasteiger partial charge in [0.05, 0.1) is 16.7 Å². The lowest BCUT2D eigenvalue weighted by Crippen LogP contribution is -2.34. The molecule has 1 aromatic carbocycles. The van der Waals surface area contributed by atoms with Gasteiger partial charge in [-0.25, -0.2) is 4.39 Å². The number of rotatable bonds is 3. The van der Waals surface area contributed by atoms with E-state index in [1.807, 2.05) is 6.92 Å². The number of hydrogen-bond acceptors (Lipinski definition) is 5. The van der Waals surface area contributed by atoms with Crippen LogP contribution in [0.2, 0.25) is 0 Å². The molecule has 1 aromatic rings. The molecule has 1 amide bonds. The zero-order chi connectivity index (χ0) is 14.9. The second-order valence-corrected chi connectivity index (χ2v) is 4.74. The van der Waals surface area contributed by atoms with Crippen LogP contribution in [-0.4, -0.2) is 28.3 Å². The van der Waals surface area contributed by atoms with Crippen LogP contribution in [0.3, 0.4) is 0 Å². The second kappa shape index (κ2) is 5.41. The van der Waals surface area contributed by atoms with E-state index < -0.39 is 22.3 Å². The maximum Gasteiger partial charge on any atom is 0.285 e. The number of anilines is 1. The minimum Gasteiger partial charge on any atom is -0.336 e. The topological polar surface area (TPSA) is 102 Å². The fourth-order valence-corrected chi connectivity index (χ4v) is 2.39. The third-order valence-corrected chi connectivity index (χ3v) is 3.48. The molecule has 1 heterocycles. The van der Waals surface area contributed by atoms with Gasteiger partial charge in [-0.2, -0.15) is 0 Å². The van der Waals surface area contributed by atoms with E-state index in [1.54, 1.807) is 4.90 Å². The number of nitrogens with one attached hydrogen (secondary N) is 1. The predicted octanol–water partition coefficient (Wildman–Crippen LogP) is 1.64. The van der Waals surface area contributed by atoms with Gasteiger partial charge in [-0.1, -0.05) is 0 Å². The first kappa shape index (κ1) is 14.2. The molecule has 1 fully saturated rings. The van der Waals surface area contributed by atoms with Crippen molar-refractivity contribution in [3.8, 4) is 0 Å². The van der Waals surface area contributed by atoms with Gasteiger partial charge in [0.1, 0.15) is 5.56 Å². The summed E-state index contributed by atoms with van der Waals surface area (Å²) < 4.78 is 13.5. The first-order valence-corrected chi connectivity index (χ1v) is 6.21. The third-order valence-electron chi connectivity index (χ3n) is 3.48. The summed E-state index contributed by atoms with van der Waals surface area (Å²) in [6.07, 6.45) is 1.70. The maximum atomic E-state index is 13.5. The van der Waals surface area contributed by atoms with Gasteiger partial charge in [-0.15, -0.1) is 0 Å². The molecule has 0 saturated carbocycles. The molecule has 0 radical (unpaired) electrons. The van der Waals surface area contributed by atoms with Crippen molar-refractivity contribution < 1.29 is 14.1 Å². The Labute approximate surface area is 114 Å². The van der Waals surface area contributed by atoms with E-state index in [0.29, 0.717) is 12.6 Å². The zero-order valence-electron chi connectivity index (χ0n) is 10.9. The Bertz CT molecular complexity index is 564. The Balaban J connectivity index is 2.48. The van der Waals surface area contributed by atoms with Gasteiger partial charge in [0.15, 0.2) is 5.82 Å². The van der Waals surface area contributed by atoms with Crippen molar-refractivity contribution in [2.75, 3.05) is 12.0 Å². The number of hydrogen-bond donors (Lipinski definition) is 2. The molecule has 0 aromatic heterocycles. The lowest BCUT2D eigenvalue weighted by molar-refractivity contribution is -0.385. The highest BCUT2D eigenvalue weighted by molar-refractivity contribution is 5.99. The van der Waals surface area contributed by atoms with E-state index in [2.05, 4.69) is 5.43 Å². The Kier molecular flexibility index (Phi) is 3.84. The fourth-order valence-electron chi connectivity index (χ4n) is 2.39. The number of nitro groups is 1. The quantitative estimate of drug-likeness (QED) is 0.498. The van der Waals surface area contributed by atoms with E-state index in [9.17, 15) is 19.3 Å². The number of nitrogen functional groups attached to an aromatic ring is 1. The summed E-state index contributed by atoms with van der Waals surface area (Å²) in [5, 5.41) is 11.0. The largest absolute Gasteiger partial charge is 0.336 e. The van der Waals surface area contributed by atoms with E-state index in [1.165, 1.54) is 0 Å². The molecule has 1 saturated heterocycles. The van der Waals surface area contributed by atoms with E-state index >= 15 is 0 Å². The van der Waals surface area contributed by atoms with Crippen molar-refractivity contribution in [2.45, 2.75) is 25.8 Å². The molecule has 7 nitrogen and oxygen atoms in total. The number of likely N-dealkylation sites (tertiary alicyclic amines) is 1. The average Bonchev–Trinajstić information content (AvgIpc) is 2.83. The molecule has 0 aliphatic carbocycles. The predicted molar refractivity (Wildman–Crippen MR) is 70.6 cm³/mol. The highest BCUT2D eigenvalue weighted by Gasteiger charge is 2.31. The third kappa shape index (κ3) is 2.42. The van der Waals surface area contributed by atoms with Gasteiger partial charge in [-0.3, -0.25) is 20.8 Å². The summed E-state index contributed by atoms with van der Waals surface area (Å²) in [5.41, 5.74) is 1.24. The molecule has 1 unspecified atom stereocenters. The SMILES string of the molecule is CC1CCCN1C(=O)c1cc(NN)c(F)cc1[N+](=O)[O-]. The van der Waals surface area contributed by atoms with Crippen molar-refractivity contribution in [1.82, 2.24) is 4.90 Å². The number of carbonyl (C=O) groups is 1. The monoisotopic (exact) mass is 282 g/mol. The number of halogens is 1. The standard InChI is InChI=1S/C12H15FN4O3/c1-7-3-2-4-16(7)12(18)8-5-10(15-14)9(13)6-11(8)17(19)20/h5-7,15H,2-4,14H2,1H3. The van der Waals surface area contributed by atoms with Crippen LogP contribution < -0.4 is 11.3 Å². The molecular weight excluding hydrogens is 267 g/mol. The molecule has 108 valence electrons. The number of hydrazine groups is 1. The molecule has 3 N–H and O–H groups in total. The Morgan fingerprint density at radius 3 is 2.80 bits per heavy atom. The molecule has 0 spiro atoms. The number of nitro benzene ring substituents is 1. The lowest BCUT2D eigenvalue weighted by Gasteiger charge is -2.21. The number of carbonyl (C=O) groups excluding carboxylic acids is 1. The highest BCUT2D eigenvalue weighted by atomic mass is 19.1. The van der Waals surface area contributed by atoms with E-state index in [0.717, 1.165) is 18.9 Å². The van der Waals surface area contributed by atoms with E-state index in [4.69, 9.17) is 5.84 Å². The summed E-state index contributed by atoms with van der Waals surface area (Å²) in [6, 6.07) is 1.81. The number of nitrogens with two attached hydrogens (primary N) is 1. The Morgan fingerprint density at radius 2 is 2.30 bits per heavy atom. The lowest BCUT2D eigenvalue weighted by atomic mass is 10.1. The zero-order valence-corrected chi connectivity index (χ0v) is 10.9. The molecule has 1 atom stereocenters. The van der Waals surface area contributed by atoms with Crippen LogP contribution in [0.1, 0.15) is 30.1 Å². The van der Waals surface area contributed by atoms with Crippen LogP contribution >= 0.6 is 0 Å². The van der Waals surface area contributed by atoms with Crippen LogP contribution in [-0.2, 0) is 0 Å². The van der Waals surface area contributed by atoms with Crippen molar-refractivity contribution >= 4 is 17.3 Å². The summed E-state index contributed by atoms with van der Waals surface area (Å²) in [7, 11) is 0. The van der Waals surface area contributed by atoms with Crippen LogP contribution in [0.25, 0.3) is 0 Å². The second-order valence-electron chi connectivity index (χ2n) is 4.74. The fraction of sp³-hybridized carbons (Fsp3) is 0.417. The summed E-state index contributed by atoms with van der Waals surface area (Å²) in [5.74, 6) is 3.80. The van der Waals surface area contributed by atoms with E-state index in [-0.39, 0.29) is 17.3 Å². The van der Waals surface area contributed by atoms with Crippen molar-refractivity contribution in [3.63, 3.8) is 0 Å². The smallest absolute Gasteiger partial charge is 0.285 e. The molecule has 1 aliphatic heterocycles.